The van der Waals surface area contributed by atoms with Gasteiger partial charge in [-0.05, 0) is 164 Å². The van der Waals surface area contributed by atoms with E-state index < -0.39 is 23.1 Å². The van der Waals surface area contributed by atoms with Crippen LogP contribution in [0.5, 0.6) is 34.5 Å². The standard InChI is InChI=1S/C72H90N2O6/c1-7-10-13-15-17-20-49-22-28-51(29-23-49)53-32-42-58(43-33-53)79-62-46-60(73-56-38-26-48(27-39-56)19-12-9-3)64-66(68(62)75)71(78)65-61(74-57-40-36-55(37-41-57)72(4,5)6)47-63(69(76)67(65)70(64)77)80-59-44-34-54(35-45-59)52-30-24-50(25-31-52)21-18-16-14-11-8-2/h26-27,32-47,49-52,73-76H,7-25,28-31H2,1-6H3. The molecule has 3 aliphatic rings. The van der Waals surface area contributed by atoms with Crippen LogP contribution in [-0.4, -0.2) is 21.8 Å². The largest absolute Gasteiger partial charge is 0.504 e. The maximum absolute atomic E-state index is 15.5. The number of phenolic OH excluding ortho intramolecular Hbond substituents is 2. The van der Waals surface area contributed by atoms with Crippen LogP contribution in [0.25, 0.3) is 0 Å². The maximum atomic E-state index is 15.5. The van der Waals surface area contributed by atoms with Gasteiger partial charge < -0.3 is 30.3 Å². The summed E-state index contributed by atoms with van der Waals surface area (Å²) in [7, 11) is 0. The monoisotopic (exact) mass is 1080 g/mol. The van der Waals surface area contributed by atoms with Crippen LogP contribution in [0.3, 0.4) is 0 Å². The molecule has 0 unspecified atom stereocenters. The topological polar surface area (TPSA) is 117 Å². The quantitative estimate of drug-likeness (QED) is 0.0330. The molecule has 0 aliphatic heterocycles. The molecule has 0 radical (unpaired) electrons. The lowest BCUT2D eigenvalue weighted by molar-refractivity contribution is 0.0974. The second-order valence-corrected chi connectivity index (χ2v) is 24.8. The summed E-state index contributed by atoms with van der Waals surface area (Å²) < 4.78 is 13.1. The van der Waals surface area contributed by atoms with Crippen molar-refractivity contribution in [2.75, 3.05) is 10.6 Å². The molecule has 8 nitrogen and oxygen atoms in total. The van der Waals surface area contributed by atoms with Crippen LogP contribution in [0.4, 0.5) is 22.7 Å². The van der Waals surface area contributed by atoms with E-state index in [1.807, 2.05) is 60.7 Å². The molecule has 80 heavy (non-hydrogen) atoms. The van der Waals surface area contributed by atoms with E-state index in [9.17, 15) is 10.2 Å². The van der Waals surface area contributed by atoms with Gasteiger partial charge in [0.05, 0.1) is 33.6 Å². The lowest BCUT2D eigenvalue weighted by Crippen LogP contribution is -2.24. The Hall–Kier alpha value is -6.54. The van der Waals surface area contributed by atoms with E-state index in [0.717, 1.165) is 36.7 Å². The molecular formula is C72H90N2O6. The van der Waals surface area contributed by atoms with E-state index in [1.165, 1.54) is 145 Å². The van der Waals surface area contributed by atoms with Crippen molar-refractivity contribution in [2.24, 2.45) is 11.8 Å². The van der Waals surface area contributed by atoms with E-state index in [1.54, 1.807) is 12.1 Å². The third kappa shape index (κ3) is 14.3. The van der Waals surface area contributed by atoms with Crippen molar-refractivity contribution in [3.05, 3.63) is 154 Å². The molecule has 6 aromatic carbocycles. The Labute approximate surface area is 478 Å². The minimum atomic E-state index is -0.645. The molecule has 9 rings (SSSR count). The van der Waals surface area contributed by atoms with Gasteiger partial charge in [-0.2, -0.15) is 0 Å². The zero-order chi connectivity index (χ0) is 56.2. The fourth-order valence-corrected chi connectivity index (χ4v) is 12.8. The van der Waals surface area contributed by atoms with Crippen LogP contribution in [-0.2, 0) is 11.8 Å². The summed E-state index contributed by atoms with van der Waals surface area (Å²) in [4.78, 5) is 31.0. The predicted octanol–water partition coefficient (Wildman–Crippen LogP) is 20.9. The normalized spacial score (nSPS) is 18.1. The highest BCUT2D eigenvalue weighted by molar-refractivity contribution is 6.34. The Balaban J connectivity index is 1.02. The van der Waals surface area contributed by atoms with Gasteiger partial charge in [0.2, 0.25) is 11.6 Å². The van der Waals surface area contributed by atoms with Gasteiger partial charge >= 0.3 is 0 Å². The fourth-order valence-electron chi connectivity index (χ4n) is 12.8. The predicted molar refractivity (Wildman–Crippen MR) is 329 cm³/mol. The molecule has 6 aromatic rings. The van der Waals surface area contributed by atoms with Crippen molar-refractivity contribution >= 4 is 34.3 Å². The van der Waals surface area contributed by atoms with E-state index in [4.69, 9.17) is 9.47 Å². The number of ketones is 2. The van der Waals surface area contributed by atoms with Crippen molar-refractivity contribution in [3.8, 4) is 34.5 Å². The van der Waals surface area contributed by atoms with Crippen LogP contribution in [0, 0.1) is 11.8 Å². The molecule has 0 bridgehead atoms. The average Bonchev–Trinajstić information content (AvgIpc) is 3.66. The first kappa shape index (κ1) is 58.1. The van der Waals surface area contributed by atoms with Gasteiger partial charge in [-0.25, -0.2) is 0 Å². The van der Waals surface area contributed by atoms with Crippen LogP contribution in [0.2, 0.25) is 0 Å². The fraction of sp³-hybridized carbons (Fsp3) is 0.472. The first-order chi connectivity index (χ1) is 38.8. The third-order valence-corrected chi connectivity index (χ3v) is 17.8. The molecule has 0 spiro atoms. The van der Waals surface area contributed by atoms with Crippen LogP contribution >= 0.6 is 0 Å². The summed E-state index contributed by atoms with van der Waals surface area (Å²) in [6.45, 7) is 13.2. The maximum Gasteiger partial charge on any atom is 0.200 e. The summed E-state index contributed by atoms with van der Waals surface area (Å²) in [6, 6.07) is 35.4. The molecule has 0 amide bonds. The first-order valence-electron chi connectivity index (χ1n) is 31.0. The second-order valence-electron chi connectivity index (χ2n) is 24.8. The van der Waals surface area contributed by atoms with Gasteiger partial charge in [0.25, 0.3) is 0 Å². The van der Waals surface area contributed by atoms with Gasteiger partial charge in [-0.3, -0.25) is 9.59 Å². The summed E-state index contributed by atoms with van der Waals surface area (Å²) >= 11 is 0. The number of aromatic hydroxyl groups is 2. The smallest absolute Gasteiger partial charge is 0.200 e. The van der Waals surface area contributed by atoms with Gasteiger partial charge in [-0.15, -0.1) is 0 Å². The highest BCUT2D eigenvalue weighted by Crippen LogP contribution is 2.51. The van der Waals surface area contributed by atoms with Crippen LogP contribution in [0.15, 0.2) is 109 Å². The van der Waals surface area contributed by atoms with Crippen molar-refractivity contribution in [3.63, 3.8) is 0 Å². The molecule has 4 N–H and O–H groups in total. The van der Waals surface area contributed by atoms with E-state index in [0.29, 0.717) is 34.7 Å². The molecule has 0 heterocycles. The second kappa shape index (κ2) is 27.3. The number of nitrogens with one attached hydrogen (secondary N) is 2. The summed E-state index contributed by atoms with van der Waals surface area (Å²) in [5, 5.41) is 31.6. The van der Waals surface area contributed by atoms with Crippen molar-refractivity contribution < 1.29 is 29.3 Å². The summed E-state index contributed by atoms with van der Waals surface area (Å²) in [5.74, 6) is 1.42. The summed E-state index contributed by atoms with van der Waals surface area (Å²) in [6.07, 6.45) is 28.8. The van der Waals surface area contributed by atoms with Crippen molar-refractivity contribution in [1.29, 1.82) is 0 Å². The number of carbonyl (C=O) groups excluding carboxylic acids is 2. The van der Waals surface area contributed by atoms with Crippen molar-refractivity contribution in [2.45, 2.75) is 206 Å². The number of rotatable bonds is 25. The number of anilines is 4. The SMILES string of the molecule is CCCCCCCC1CCC(c2ccc(Oc3cc(Nc4ccc(CCCC)cc4)c4c(c3O)C(=O)c3c(Nc5ccc(C(C)(C)C)cc5)cc(Oc5ccc(C6CCC(CCCCCCC)CC6)cc5)c(O)c3C4=O)cc2)CC1. The van der Waals surface area contributed by atoms with E-state index in [-0.39, 0.29) is 50.5 Å². The Kier molecular flexibility index (Phi) is 19.8. The molecule has 8 heteroatoms. The molecule has 0 aromatic heterocycles. The minimum Gasteiger partial charge on any atom is -0.504 e. The number of ether oxygens (including phenoxy) is 2. The number of carbonyl (C=O) groups is 2. The van der Waals surface area contributed by atoms with E-state index >= 15 is 9.59 Å². The lowest BCUT2D eigenvalue weighted by Gasteiger charge is -2.29. The Bertz CT molecular complexity index is 2990. The van der Waals surface area contributed by atoms with Gasteiger partial charge in [-0.1, -0.05) is 174 Å². The molecule has 2 fully saturated rings. The number of fused-ring (bicyclic) bond motifs is 2. The first-order valence-corrected chi connectivity index (χ1v) is 31.0. The number of benzene rings is 6. The number of aryl methyl sites for hydroxylation is 1. The van der Waals surface area contributed by atoms with Crippen LogP contribution in [0.1, 0.15) is 249 Å². The average molecular weight is 1080 g/mol. The highest BCUT2D eigenvalue weighted by atomic mass is 16.5. The van der Waals surface area contributed by atoms with Gasteiger partial charge in [0.15, 0.2) is 23.0 Å². The molecule has 0 saturated heterocycles. The zero-order valence-electron chi connectivity index (χ0n) is 49.0. The third-order valence-electron chi connectivity index (χ3n) is 17.8. The van der Waals surface area contributed by atoms with E-state index in [2.05, 4.69) is 88.6 Å². The molecule has 3 aliphatic carbocycles. The molecule has 0 atom stereocenters. The van der Waals surface area contributed by atoms with Gasteiger partial charge in [0, 0.05) is 23.5 Å². The number of phenols is 2. The molecule has 2 saturated carbocycles. The Morgan fingerprint density at radius 1 is 0.463 bits per heavy atom. The Morgan fingerprint density at radius 3 is 1.24 bits per heavy atom. The lowest BCUT2D eigenvalue weighted by atomic mass is 9.77. The minimum absolute atomic E-state index is 0.0185. The van der Waals surface area contributed by atoms with Crippen LogP contribution < -0.4 is 20.1 Å². The molecular weight excluding hydrogens is 989 g/mol. The number of hydrogen-bond acceptors (Lipinski definition) is 8. The zero-order valence-corrected chi connectivity index (χ0v) is 49.0. The number of unbranched alkanes of at least 4 members (excludes halogenated alkanes) is 9. The highest BCUT2D eigenvalue weighted by Gasteiger charge is 2.41. The number of hydrogen-bond donors (Lipinski definition) is 4. The Morgan fingerprint density at radius 2 is 0.850 bits per heavy atom. The van der Waals surface area contributed by atoms with Crippen molar-refractivity contribution in [1.82, 2.24) is 0 Å². The van der Waals surface area contributed by atoms with Gasteiger partial charge in [0.1, 0.15) is 11.5 Å². The summed E-state index contributed by atoms with van der Waals surface area (Å²) in [5.41, 5.74) is 6.06. The molecule has 424 valence electrons.